The molecular formula is C14H12F2N2O3. The minimum Gasteiger partial charge on any atom is -0.451 e. The van der Waals surface area contributed by atoms with Gasteiger partial charge in [-0.3, -0.25) is 10.1 Å². The normalized spacial score (nSPS) is 12.0. The maximum absolute atomic E-state index is 13.8. The number of nitro groups is 1. The lowest BCUT2D eigenvalue weighted by Crippen LogP contribution is -2.05. The van der Waals surface area contributed by atoms with E-state index in [1.165, 1.54) is 12.1 Å². The molecule has 110 valence electrons. The Hall–Kier alpha value is -2.54. The number of non-ortho nitro benzene ring substituents is 1. The Morgan fingerprint density at radius 1 is 1.14 bits per heavy atom. The van der Waals surface area contributed by atoms with E-state index >= 15 is 0 Å². The fourth-order valence-electron chi connectivity index (χ4n) is 1.69. The number of benzene rings is 2. The van der Waals surface area contributed by atoms with Gasteiger partial charge in [-0.25, -0.2) is 8.78 Å². The standard InChI is InChI=1S/C14H12F2N2O3/c1-8(17)9-2-4-13(11(15)6-9)21-14-5-3-10(18(19)20)7-12(14)16/h2-8H,17H2,1H3. The molecule has 0 radical (unpaired) electrons. The van der Waals surface area contributed by atoms with Crippen molar-refractivity contribution in [3.05, 3.63) is 63.7 Å². The molecule has 0 bridgehead atoms. The van der Waals surface area contributed by atoms with Crippen LogP contribution in [0.1, 0.15) is 18.5 Å². The van der Waals surface area contributed by atoms with Gasteiger partial charge in [0.2, 0.25) is 0 Å². The van der Waals surface area contributed by atoms with E-state index in [2.05, 4.69) is 0 Å². The number of hydrogen-bond acceptors (Lipinski definition) is 4. The van der Waals surface area contributed by atoms with Gasteiger partial charge in [-0.2, -0.15) is 0 Å². The molecule has 0 spiro atoms. The van der Waals surface area contributed by atoms with Crippen LogP contribution < -0.4 is 10.5 Å². The molecule has 2 aromatic carbocycles. The number of rotatable bonds is 4. The monoisotopic (exact) mass is 294 g/mol. The molecule has 0 aliphatic heterocycles. The molecule has 2 rings (SSSR count). The van der Waals surface area contributed by atoms with E-state index in [4.69, 9.17) is 10.5 Å². The van der Waals surface area contributed by atoms with Gasteiger partial charge in [0, 0.05) is 12.1 Å². The van der Waals surface area contributed by atoms with Crippen molar-refractivity contribution >= 4 is 5.69 Å². The Labute approximate surface area is 119 Å². The maximum Gasteiger partial charge on any atom is 0.272 e. The number of ether oxygens (including phenoxy) is 1. The summed E-state index contributed by atoms with van der Waals surface area (Å²) in [6.45, 7) is 1.70. The van der Waals surface area contributed by atoms with Gasteiger partial charge in [0.15, 0.2) is 23.1 Å². The number of nitrogens with two attached hydrogens (primary N) is 1. The van der Waals surface area contributed by atoms with E-state index in [1.54, 1.807) is 13.0 Å². The predicted molar refractivity (Wildman–Crippen MR) is 72.1 cm³/mol. The summed E-state index contributed by atoms with van der Waals surface area (Å²) in [4.78, 5) is 9.77. The molecular weight excluding hydrogens is 282 g/mol. The molecule has 0 aliphatic carbocycles. The average Bonchev–Trinajstić information content (AvgIpc) is 2.42. The fourth-order valence-corrected chi connectivity index (χ4v) is 1.69. The highest BCUT2D eigenvalue weighted by Crippen LogP contribution is 2.30. The maximum atomic E-state index is 13.8. The lowest BCUT2D eigenvalue weighted by Gasteiger charge is -2.10. The Balaban J connectivity index is 2.28. The van der Waals surface area contributed by atoms with E-state index in [0.29, 0.717) is 11.6 Å². The van der Waals surface area contributed by atoms with Gasteiger partial charge in [-0.1, -0.05) is 6.07 Å². The smallest absolute Gasteiger partial charge is 0.272 e. The van der Waals surface area contributed by atoms with Crippen LogP contribution in [0.15, 0.2) is 36.4 Å². The molecule has 0 saturated carbocycles. The molecule has 2 aromatic rings. The Morgan fingerprint density at radius 3 is 2.19 bits per heavy atom. The fraction of sp³-hybridized carbons (Fsp3) is 0.143. The van der Waals surface area contributed by atoms with E-state index in [-0.39, 0.29) is 17.5 Å². The molecule has 2 N–H and O–H groups in total. The number of nitrogens with zero attached hydrogens (tertiary/aromatic N) is 1. The minimum absolute atomic E-state index is 0.188. The van der Waals surface area contributed by atoms with Gasteiger partial charge in [0.25, 0.3) is 5.69 Å². The summed E-state index contributed by atoms with van der Waals surface area (Å²) in [5, 5.41) is 10.5. The summed E-state index contributed by atoms with van der Waals surface area (Å²) in [6.07, 6.45) is 0. The molecule has 0 saturated heterocycles. The molecule has 1 unspecified atom stereocenters. The van der Waals surface area contributed by atoms with Crippen LogP contribution in [0.5, 0.6) is 11.5 Å². The first-order valence-corrected chi connectivity index (χ1v) is 6.05. The van der Waals surface area contributed by atoms with Crippen molar-refractivity contribution in [3.8, 4) is 11.5 Å². The first kappa shape index (κ1) is 14.9. The summed E-state index contributed by atoms with van der Waals surface area (Å²) in [5.41, 5.74) is 5.79. The van der Waals surface area contributed by atoms with Gasteiger partial charge < -0.3 is 10.5 Å². The summed E-state index contributed by atoms with van der Waals surface area (Å²) < 4.78 is 32.6. The van der Waals surface area contributed by atoms with Crippen LogP contribution in [0.4, 0.5) is 14.5 Å². The highest BCUT2D eigenvalue weighted by Gasteiger charge is 2.14. The van der Waals surface area contributed by atoms with E-state index in [0.717, 1.165) is 12.1 Å². The largest absolute Gasteiger partial charge is 0.451 e. The zero-order valence-corrected chi connectivity index (χ0v) is 11.0. The molecule has 7 heteroatoms. The summed E-state index contributed by atoms with van der Waals surface area (Å²) in [5.74, 6) is -2.12. The number of hydrogen-bond donors (Lipinski definition) is 1. The van der Waals surface area contributed by atoms with Crippen LogP contribution in [0.25, 0.3) is 0 Å². The lowest BCUT2D eigenvalue weighted by molar-refractivity contribution is -0.385. The SMILES string of the molecule is CC(N)c1ccc(Oc2ccc([N+](=O)[O-])cc2F)c(F)c1. The summed E-state index contributed by atoms with van der Waals surface area (Å²) in [6, 6.07) is 6.61. The molecule has 0 aliphatic rings. The van der Waals surface area contributed by atoms with Crippen LogP contribution >= 0.6 is 0 Å². The number of halogens is 2. The van der Waals surface area contributed by atoms with Crippen LogP contribution in [0.3, 0.4) is 0 Å². The highest BCUT2D eigenvalue weighted by atomic mass is 19.1. The van der Waals surface area contributed by atoms with Crippen LogP contribution in [-0.4, -0.2) is 4.92 Å². The van der Waals surface area contributed by atoms with Crippen LogP contribution in [0, 0.1) is 21.7 Å². The second kappa shape index (κ2) is 5.84. The van der Waals surface area contributed by atoms with Crippen molar-refractivity contribution in [2.24, 2.45) is 5.73 Å². The highest BCUT2D eigenvalue weighted by molar-refractivity contribution is 5.41. The number of nitro benzene ring substituents is 1. The molecule has 0 heterocycles. The van der Waals surface area contributed by atoms with Gasteiger partial charge in [-0.05, 0) is 30.7 Å². The molecule has 1 atom stereocenters. The second-order valence-corrected chi connectivity index (χ2v) is 4.45. The molecule has 21 heavy (non-hydrogen) atoms. The van der Waals surface area contributed by atoms with E-state index in [1.807, 2.05) is 0 Å². The van der Waals surface area contributed by atoms with Gasteiger partial charge >= 0.3 is 0 Å². The van der Waals surface area contributed by atoms with Crippen molar-refractivity contribution < 1.29 is 18.4 Å². The van der Waals surface area contributed by atoms with Crippen molar-refractivity contribution in [2.75, 3.05) is 0 Å². The van der Waals surface area contributed by atoms with Crippen LogP contribution in [-0.2, 0) is 0 Å². The Kier molecular flexibility index (Phi) is 4.13. The quantitative estimate of drug-likeness (QED) is 0.689. The third kappa shape index (κ3) is 3.32. The summed E-state index contributed by atoms with van der Waals surface area (Å²) >= 11 is 0. The molecule has 0 fully saturated rings. The first-order valence-electron chi connectivity index (χ1n) is 6.05. The molecule has 5 nitrogen and oxygen atoms in total. The third-order valence-electron chi connectivity index (χ3n) is 2.83. The minimum atomic E-state index is -0.945. The zero-order chi connectivity index (χ0) is 15.6. The molecule has 0 aromatic heterocycles. The first-order chi connectivity index (χ1) is 9.88. The van der Waals surface area contributed by atoms with Gasteiger partial charge in [0.05, 0.1) is 11.0 Å². The van der Waals surface area contributed by atoms with E-state index < -0.39 is 22.2 Å². The Bertz CT molecular complexity index is 690. The topological polar surface area (TPSA) is 78.4 Å². The predicted octanol–water partition coefficient (Wildman–Crippen LogP) is 3.69. The lowest BCUT2D eigenvalue weighted by atomic mass is 10.1. The van der Waals surface area contributed by atoms with Crippen LogP contribution in [0.2, 0.25) is 0 Å². The van der Waals surface area contributed by atoms with Crippen molar-refractivity contribution in [1.82, 2.24) is 0 Å². The van der Waals surface area contributed by atoms with E-state index in [9.17, 15) is 18.9 Å². The van der Waals surface area contributed by atoms with Gasteiger partial charge in [0.1, 0.15) is 0 Å². The third-order valence-corrected chi connectivity index (χ3v) is 2.83. The summed E-state index contributed by atoms with van der Waals surface area (Å²) in [7, 11) is 0. The average molecular weight is 294 g/mol. The zero-order valence-electron chi connectivity index (χ0n) is 11.0. The Morgan fingerprint density at radius 2 is 1.71 bits per heavy atom. The molecule has 0 amide bonds. The second-order valence-electron chi connectivity index (χ2n) is 4.45. The van der Waals surface area contributed by atoms with Crippen molar-refractivity contribution in [2.45, 2.75) is 13.0 Å². The van der Waals surface area contributed by atoms with Crippen molar-refractivity contribution in [3.63, 3.8) is 0 Å². The van der Waals surface area contributed by atoms with Crippen molar-refractivity contribution in [1.29, 1.82) is 0 Å². The van der Waals surface area contributed by atoms with Gasteiger partial charge in [-0.15, -0.1) is 0 Å².